The monoisotopic (exact) mass is 364 g/mol. The predicted octanol–water partition coefficient (Wildman–Crippen LogP) is 3.40. The molecule has 2 amide bonds. The topological polar surface area (TPSA) is 80.6 Å². The third-order valence-electron chi connectivity index (χ3n) is 3.95. The summed E-state index contributed by atoms with van der Waals surface area (Å²) in [5.41, 5.74) is 2.48. The van der Waals surface area contributed by atoms with Crippen LogP contribution in [0.25, 0.3) is 0 Å². The van der Waals surface area contributed by atoms with Crippen LogP contribution in [0.3, 0.4) is 0 Å². The van der Waals surface area contributed by atoms with Gasteiger partial charge in [-0.25, -0.2) is 0 Å². The molecular weight excluding hydrogens is 344 g/mol. The van der Waals surface area contributed by atoms with Gasteiger partial charge in [-0.3, -0.25) is 9.59 Å². The van der Waals surface area contributed by atoms with Crippen molar-refractivity contribution in [1.82, 2.24) is 5.32 Å². The Bertz CT molecular complexity index is 902. The van der Waals surface area contributed by atoms with Crippen molar-refractivity contribution in [2.45, 2.75) is 13.0 Å². The average molecular weight is 364 g/mol. The van der Waals surface area contributed by atoms with Crippen molar-refractivity contribution in [1.29, 1.82) is 0 Å². The van der Waals surface area contributed by atoms with Gasteiger partial charge in [0.15, 0.2) is 5.76 Å². The number of hydrogen-bond acceptors (Lipinski definition) is 4. The van der Waals surface area contributed by atoms with Crippen LogP contribution in [-0.4, -0.2) is 18.9 Å². The van der Waals surface area contributed by atoms with Crippen molar-refractivity contribution in [2.24, 2.45) is 0 Å². The second-order valence-electron chi connectivity index (χ2n) is 5.93. The molecule has 2 aromatic carbocycles. The average Bonchev–Trinajstić information content (AvgIpc) is 3.22. The Kier molecular flexibility index (Phi) is 5.89. The number of methoxy groups -OCH3 is 1. The van der Waals surface area contributed by atoms with Crippen molar-refractivity contribution >= 4 is 17.5 Å². The van der Waals surface area contributed by atoms with Crippen LogP contribution >= 0.6 is 0 Å². The van der Waals surface area contributed by atoms with E-state index in [4.69, 9.17) is 9.15 Å². The lowest BCUT2D eigenvalue weighted by atomic mass is 10.1. The highest BCUT2D eigenvalue weighted by Gasteiger charge is 2.09. The molecule has 1 heterocycles. The lowest BCUT2D eigenvalue weighted by Gasteiger charge is -2.08. The summed E-state index contributed by atoms with van der Waals surface area (Å²) >= 11 is 0. The van der Waals surface area contributed by atoms with E-state index in [1.807, 2.05) is 36.4 Å². The third kappa shape index (κ3) is 5.22. The molecule has 2 N–H and O–H groups in total. The maximum absolute atomic E-state index is 12.1. The van der Waals surface area contributed by atoms with Gasteiger partial charge in [0.2, 0.25) is 5.91 Å². The van der Waals surface area contributed by atoms with Gasteiger partial charge >= 0.3 is 0 Å². The number of benzene rings is 2. The molecule has 0 saturated carbocycles. The molecule has 0 unspecified atom stereocenters. The van der Waals surface area contributed by atoms with Gasteiger partial charge in [-0.15, -0.1) is 0 Å². The summed E-state index contributed by atoms with van der Waals surface area (Å²) in [7, 11) is 1.60. The van der Waals surface area contributed by atoms with Gasteiger partial charge in [-0.05, 0) is 47.5 Å². The normalized spacial score (nSPS) is 10.3. The largest absolute Gasteiger partial charge is 0.497 e. The minimum absolute atomic E-state index is 0.0709. The van der Waals surface area contributed by atoms with E-state index in [1.165, 1.54) is 6.26 Å². The zero-order valence-corrected chi connectivity index (χ0v) is 14.9. The standard InChI is InChI=1S/C21H20N2O4/c1-26-18-5-2-4-16(12-18)13-20(24)22-14-15-7-9-17(10-8-15)23-21(25)19-6-3-11-27-19/h2-12H,13-14H2,1H3,(H,22,24)(H,23,25). The molecule has 0 fully saturated rings. The molecule has 27 heavy (non-hydrogen) atoms. The summed E-state index contributed by atoms with van der Waals surface area (Å²) in [6.07, 6.45) is 1.74. The second kappa shape index (κ2) is 8.71. The van der Waals surface area contributed by atoms with E-state index in [-0.39, 0.29) is 24.0 Å². The fourth-order valence-corrected chi connectivity index (χ4v) is 2.54. The van der Waals surface area contributed by atoms with Crippen molar-refractivity contribution in [2.75, 3.05) is 12.4 Å². The highest BCUT2D eigenvalue weighted by molar-refractivity contribution is 6.02. The first kappa shape index (κ1) is 18.3. The Labute approximate surface area is 157 Å². The molecule has 0 radical (unpaired) electrons. The van der Waals surface area contributed by atoms with E-state index in [9.17, 15) is 9.59 Å². The first-order chi connectivity index (χ1) is 13.1. The van der Waals surface area contributed by atoms with Crippen LogP contribution in [0.4, 0.5) is 5.69 Å². The van der Waals surface area contributed by atoms with Crippen LogP contribution in [0.5, 0.6) is 5.75 Å². The summed E-state index contributed by atoms with van der Waals surface area (Å²) in [5.74, 6) is 0.606. The van der Waals surface area contributed by atoms with Crippen molar-refractivity contribution in [3.05, 3.63) is 83.8 Å². The fourth-order valence-electron chi connectivity index (χ4n) is 2.54. The van der Waals surface area contributed by atoms with Gasteiger partial charge in [0, 0.05) is 12.2 Å². The molecule has 138 valence electrons. The SMILES string of the molecule is COc1cccc(CC(=O)NCc2ccc(NC(=O)c3ccco3)cc2)c1. The molecule has 0 aliphatic rings. The van der Waals surface area contributed by atoms with E-state index in [0.717, 1.165) is 16.9 Å². The second-order valence-corrected chi connectivity index (χ2v) is 5.93. The molecule has 0 aliphatic carbocycles. The number of hydrogen-bond donors (Lipinski definition) is 2. The molecule has 3 rings (SSSR count). The summed E-state index contributed by atoms with van der Waals surface area (Å²) < 4.78 is 10.2. The number of rotatable bonds is 7. The minimum atomic E-state index is -0.306. The Hall–Kier alpha value is -3.54. The van der Waals surface area contributed by atoms with Gasteiger partial charge < -0.3 is 19.8 Å². The van der Waals surface area contributed by atoms with Crippen LogP contribution < -0.4 is 15.4 Å². The maximum atomic E-state index is 12.1. The highest BCUT2D eigenvalue weighted by atomic mass is 16.5. The van der Waals surface area contributed by atoms with Crippen LogP contribution in [0.15, 0.2) is 71.3 Å². The number of nitrogens with one attached hydrogen (secondary N) is 2. The van der Waals surface area contributed by atoms with E-state index >= 15 is 0 Å². The van der Waals surface area contributed by atoms with Gasteiger partial charge in [0.1, 0.15) is 5.75 Å². The van der Waals surface area contributed by atoms with Crippen LogP contribution in [-0.2, 0) is 17.8 Å². The molecule has 0 spiro atoms. The van der Waals surface area contributed by atoms with Gasteiger partial charge in [-0.1, -0.05) is 24.3 Å². The molecule has 6 nitrogen and oxygen atoms in total. The highest BCUT2D eigenvalue weighted by Crippen LogP contribution is 2.14. The van der Waals surface area contributed by atoms with Crippen molar-refractivity contribution < 1.29 is 18.7 Å². The van der Waals surface area contributed by atoms with Gasteiger partial charge in [-0.2, -0.15) is 0 Å². The Morgan fingerprint density at radius 1 is 1.00 bits per heavy atom. The number of carbonyl (C=O) groups is 2. The summed E-state index contributed by atoms with van der Waals surface area (Å²) in [6, 6.07) is 18.0. The Morgan fingerprint density at radius 2 is 1.81 bits per heavy atom. The lowest BCUT2D eigenvalue weighted by molar-refractivity contribution is -0.120. The maximum Gasteiger partial charge on any atom is 0.291 e. The zero-order chi connectivity index (χ0) is 19.1. The fraction of sp³-hybridized carbons (Fsp3) is 0.143. The first-order valence-corrected chi connectivity index (χ1v) is 8.47. The van der Waals surface area contributed by atoms with Crippen LogP contribution in [0, 0.1) is 0 Å². The summed E-state index contributed by atoms with van der Waals surface area (Å²) in [4.78, 5) is 24.0. The van der Waals surface area contributed by atoms with Crippen molar-refractivity contribution in [3.63, 3.8) is 0 Å². The molecule has 0 bridgehead atoms. The third-order valence-corrected chi connectivity index (χ3v) is 3.95. The number of amides is 2. The molecule has 3 aromatic rings. The van der Waals surface area contributed by atoms with Crippen molar-refractivity contribution in [3.8, 4) is 5.75 Å². The zero-order valence-electron chi connectivity index (χ0n) is 14.9. The summed E-state index contributed by atoms with van der Waals surface area (Å²) in [6.45, 7) is 0.412. The number of ether oxygens (including phenoxy) is 1. The number of carbonyl (C=O) groups excluding carboxylic acids is 2. The molecule has 0 saturated heterocycles. The van der Waals surface area contributed by atoms with Gasteiger partial charge in [0.05, 0.1) is 19.8 Å². The molecular formula is C21H20N2O4. The van der Waals surface area contributed by atoms with Crippen LogP contribution in [0.2, 0.25) is 0 Å². The van der Waals surface area contributed by atoms with E-state index in [0.29, 0.717) is 12.2 Å². The number of anilines is 1. The Morgan fingerprint density at radius 3 is 2.52 bits per heavy atom. The smallest absolute Gasteiger partial charge is 0.291 e. The summed E-state index contributed by atoms with van der Waals surface area (Å²) in [5, 5.41) is 5.63. The van der Waals surface area contributed by atoms with Gasteiger partial charge in [0.25, 0.3) is 5.91 Å². The molecule has 0 atom stereocenters. The number of furan rings is 1. The molecule has 1 aromatic heterocycles. The Balaban J connectivity index is 1.49. The van der Waals surface area contributed by atoms with E-state index < -0.39 is 0 Å². The first-order valence-electron chi connectivity index (χ1n) is 8.47. The predicted molar refractivity (Wildman–Crippen MR) is 102 cm³/mol. The quantitative estimate of drug-likeness (QED) is 0.673. The lowest BCUT2D eigenvalue weighted by Crippen LogP contribution is -2.24. The van der Waals surface area contributed by atoms with Crippen LogP contribution in [0.1, 0.15) is 21.7 Å². The minimum Gasteiger partial charge on any atom is -0.497 e. The molecule has 6 heteroatoms. The molecule has 0 aliphatic heterocycles. The van der Waals surface area contributed by atoms with E-state index in [1.54, 1.807) is 31.4 Å². The van der Waals surface area contributed by atoms with E-state index in [2.05, 4.69) is 10.6 Å².